The molecule has 6 N–H and O–H groups in total. The van der Waals surface area contributed by atoms with E-state index in [1.165, 1.54) is 0 Å². The SMILES string of the molecule is O.O.O.[Fe].[Fe].[Fe].[Fe].[SH-].[SH3+]. The average molecular weight is 346 g/mol. The summed E-state index contributed by atoms with van der Waals surface area (Å²) in [6.07, 6.45) is 0. The number of hydrogen-bond acceptors (Lipinski definition) is 1. The zero-order valence-corrected chi connectivity index (χ0v) is 10.4. The molecule has 9 heavy (non-hydrogen) atoms. The zero-order chi connectivity index (χ0) is 0. The molecule has 0 atom stereocenters. The molecule has 72 valence electrons. The Morgan fingerprint density at radius 1 is 0.444 bits per heavy atom. The van der Waals surface area contributed by atoms with Gasteiger partial charge in [-0.05, 0) is 0 Å². The monoisotopic (exact) mass is 346 g/mol. The third kappa shape index (κ3) is 113. The number of rotatable bonds is 0. The molecule has 0 rings (SSSR count). The standard InChI is InChI=1S/4Fe.3H2O.2H2S/h;;;;5*1H2. The van der Waals surface area contributed by atoms with Gasteiger partial charge in [0.25, 0.3) is 0 Å². The molecule has 0 aromatic rings. The van der Waals surface area contributed by atoms with Crippen LogP contribution in [0.15, 0.2) is 0 Å². The van der Waals surface area contributed by atoms with Crippen LogP contribution in [0.1, 0.15) is 0 Å². The Labute approximate surface area is 111 Å². The van der Waals surface area contributed by atoms with Crippen molar-refractivity contribution in [2.75, 3.05) is 0 Å². The number of thiol groups is 1. The van der Waals surface area contributed by atoms with Crippen molar-refractivity contribution < 1.29 is 84.7 Å². The van der Waals surface area contributed by atoms with Crippen LogP contribution in [0.2, 0.25) is 0 Å². The molecule has 0 unspecified atom stereocenters. The Morgan fingerprint density at radius 2 is 0.444 bits per heavy atom. The minimum absolute atomic E-state index is 0. The Bertz CT molecular complexity index is 13.8. The summed E-state index contributed by atoms with van der Waals surface area (Å²) < 4.78 is 0. The van der Waals surface area contributed by atoms with Crippen molar-refractivity contribution in [2.45, 2.75) is 0 Å². The summed E-state index contributed by atoms with van der Waals surface area (Å²) >= 11 is 0. The summed E-state index contributed by atoms with van der Waals surface area (Å²) in [4.78, 5) is 0. The first-order chi connectivity index (χ1) is 0. The third-order valence-electron chi connectivity index (χ3n) is 0. The van der Waals surface area contributed by atoms with E-state index in [9.17, 15) is 0 Å². The predicted octanol–water partition coefficient (Wildman–Crippen LogP) is -3.56. The summed E-state index contributed by atoms with van der Waals surface area (Å²) in [6, 6.07) is 0. The molecule has 0 aromatic heterocycles. The van der Waals surface area contributed by atoms with Crippen LogP contribution < -0.4 is 0 Å². The predicted molar refractivity (Wildman–Crippen MR) is 31.2 cm³/mol. The topological polar surface area (TPSA) is 94.5 Å². The van der Waals surface area contributed by atoms with Gasteiger partial charge in [0.2, 0.25) is 0 Å². The van der Waals surface area contributed by atoms with Crippen LogP contribution in [-0.4, -0.2) is 16.4 Å². The molecule has 0 amide bonds. The van der Waals surface area contributed by atoms with Crippen LogP contribution in [0.3, 0.4) is 0 Å². The Hall–Kier alpha value is 2.66. The minimum Gasteiger partial charge on any atom is -0.813 e. The van der Waals surface area contributed by atoms with E-state index >= 15 is 0 Å². The van der Waals surface area contributed by atoms with Crippen molar-refractivity contribution in [3.63, 3.8) is 0 Å². The Morgan fingerprint density at radius 3 is 0.444 bits per heavy atom. The fraction of sp³-hybridized carbons (Fsp3) is 0. The first-order valence-electron chi connectivity index (χ1n) is 0. The van der Waals surface area contributed by atoms with Crippen LogP contribution >= 0.6 is 0 Å². The van der Waals surface area contributed by atoms with Gasteiger partial charge in [0.05, 0.1) is 0 Å². The van der Waals surface area contributed by atoms with E-state index in [2.05, 4.69) is 0 Å². The van der Waals surface area contributed by atoms with Gasteiger partial charge >= 0.3 is 0 Å². The van der Waals surface area contributed by atoms with Crippen molar-refractivity contribution in [1.29, 1.82) is 0 Å². The molecule has 0 saturated heterocycles. The van der Waals surface area contributed by atoms with E-state index in [0.29, 0.717) is 0 Å². The van der Waals surface area contributed by atoms with Crippen LogP contribution in [-0.2, 0) is 95.3 Å². The molecule has 0 saturated carbocycles. The quantitative estimate of drug-likeness (QED) is 0.193. The Kier molecular flexibility index (Phi) is 2930. The van der Waals surface area contributed by atoms with E-state index in [1.54, 1.807) is 0 Å². The van der Waals surface area contributed by atoms with Gasteiger partial charge in [-0.25, -0.2) is 0 Å². The van der Waals surface area contributed by atoms with Crippen LogP contribution in [0.4, 0.5) is 0 Å². The largest absolute Gasteiger partial charge is 0.813 e. The second-order valence-corrected chi connectivity index (χ2v) is 0. The van der Waals surface area contributed by atoms with Crippen molar-refractivity contribution in [3.8, 4) is 0 Å². The molecule has 0 radical (unpaired) electrons. The summed E-state index contributed by atoms with van der Waals surface area (Å²) in [5.41, 5.74) is 0. The van der Waals surface area contributed by atoms with Crippen molar-refractivity contribution >= 4 is 27.0 Å². The molecule has 3 nitrogen and oxygen atoms in total. The summed E-state index contributed by atoms with van der Waals surface area (Å²) in [5, 5.41) is 0. The van der Waals surface area contributed by atoms with Gasteiger partial charge in [-0.15, -0.1) is 0 Å². The normalized spacial score (nSPS) is 0. The van der Waals surface area contributed by atoms with Crippen molar-refractivity contribution in [3.05, 3.63) is 0 Å². The van der Waals surface area contributed by atoms with E-state index in [-0.39, 0.29) is 112 Å². The fourth-order valence-electron chi connectivity index (χ4n) is 0. The first-order valence-corrected chi connectivity index (χ1v) is 0. The fourth-order valence-corrected chi connectivity index (χ4v) is 0. The smallest absolute Gasteiger partial charge is 0 e. The molecule has 0 aliphatic rings. The number of hydrogen-bond donors (Lipinski definition) is 0. The van der Waals surface area contributed by atoms with Crippen LogP contribution in [0, 0.1) is 0 Å². The van der Waals surface area contributed by atoms with E-state index < -0.39 is 0 Å². The maximum absolute atomic E-state index is 0. The molecular weight excluding hydrogens is 336 g/mol. The van der Waals surface area contributed by atoms with E-state index in [0.717, 1.165) is 0 Å². The molecule has 0 bridgehead atoms. The first kappa shape index (κ1) is 187. The average Bonchev–Trinajstić information content (AvgIpc) is 0. The van der Waals surface area contributed by atoms with Gasteiger partial charge in [-0.2, -0.15) is 0 Å². The molecule has 0 spiro atoms. The molecular formula is H10Fe4O3S2. The summed E-state index contributed by atoms with van der Waals surface area (Å²) in [6.45, 7) is 0. The minimum atomic E-state index is 0. The van der Waals surface area contributed by atoms with Gasteiger partial charge in [0.1, 0.15) is 0 Å². The molecule has 0 fully saturated rings. The maximum Gasteiger partial charge on any atom is 0 e. The van der Waals surface area contributed by atoms with Gasteiger partial charge in [0, 0.05) is 68.3 Å². The van der Waals surface area contributed by atoms with Crippen LogP contribution in [0.5, 0.6) is 0 Å². The van der Waals surface area contributed by atoms with Crippen molar-refractivity contribution in [1.82, 2.24) is 0 Å². The van der Waals surface area contributed by atoms with E-state index in [1.807, 2.05) is 0 Å². The third-order valence-corrected chi connectivity index (χ3v) is 0. The molecule has 9 heteroatoms. The molecule has 0 heterocycles. The van der Waals surface area contributed by atoms with Gasteiger partial charge in [0.15, 0.2) is 0 Å². The van der Waals surface area contributed by atoms with Crippen molar-refractivity contribution in [2.24, 2.45) is 0 Å². The van der Waals surface area contributed by atoms with E-state index in [4.69, 9.17) is 0 Å². The second-order valence-electron chi connectivity index (χ2n) is 0. The molecule has 0 aromatic carbocycles. The van der Waals surface area contributed by atoms with Gasteiger partial charge in [-0.1, -0.05) is 13.5 Å². The summed E-state index contributed by atoms with van der Waals surface area (Å²) in [5.74, 6) is 0. The van der Waals surface area contributed by atoms with Gasteiger partial charge in [-0.3, -0.25) is 0 Å². The van der Waals surface area contributed by atoms with Gasteiger partial charge < -0.3 is 29.9 Å². The maximum atomic E-state index is 0. The summed E-state index contributed by atoms with van der Waals surface area (Å²) in [7, 11) is 0. The zero-order valence-electron chi connectivity index (χ0n) is 3.94. The molecule has 0 aliphatic carbocycles. The molecule has 0 aliphatic heterocycles. The van der Waals surface area contributed by atoms with Crippen LogP contribution in [0.25, 0.3) is 0 Å². The Balaban J connectivity index is 0. The second kappa shape index (κ2) is 141.